The fourth-order valence-electron chi connectivity index (χ4n) is 1.09. The Kier molecular flexibility index (Phi) is 3.99. The third-order valence-electron chi connectivity index (χ3n) is 1.89. The first-order valence-electron chi connectivity index (χ1n) is 4.68. The molecule has 5 heteroatoms. The van der Waals surface area contributed by atoms with Crippen molar-refractivity contribution >= 4 is 16.9 Å². The number of H-pyrrole nitrogens is 1. The second kappa shape index (κ2) is 5.25. The molecular weight excluding hydrogens is 216 g/mol. The van der Waals surface area contributed by atoms with E-state index >= 15 is 0 Å². The van der Waals surface area contributed by atoms with Gasteiger partial charge in [-0.25, -0.2) is 8.78 Å². The van der Waals surface area contributed by atoms with E-state index in [4.69, 9.17) is 5.11 Å². The maximum Gasteiger partial charge on any atom is 0.303 e. The number of carbonyl (C=O) groups is 1. The SMILES string of the molecule is CCC(=O)O.Fc1cc(F)c2cc[nH]c2c1. The maximum atomic E-state index is 12.8. The van der Waals surface area contributed by atoms with Gasteiger partial charge in [0.25, 0.3) is 0 Å². The van der Waals surface area contributed by atoms with Crippen LogP contribution in [-0.2, 0) is 4.79 Å². The van der Waals surface area contributed by atoms with Crippen LogP contribution in [0.3, 0.4) is 0 Å². The first kappa shape index (κ1) is 12.2. The standard InChI is InChI=1S/C8H5F2N.C3H6O2/c9-5-3-7(10)6-1-2-11-8(6)4-5;1-2-3(4)5/h1-4,11H;2H2,1H3,(H,4,5). The largest absolute Gasteiger partial charge is 0.481 e. The average Bonchev–Trinajstić information content (AvgIpc) is 2.66. The molecule has 0 aliphatic carbocycles. The number of carboxylic acid groups (broad SMARTS) is 1. The minimum atomic E-state index is -0.745. The summed E-state index contributed by atoms with van der Waals surface area (Å²) in [7, 11) is 0. The van der Waals surface area contributed by atoms with Gasteiger partial charge in [-0.15, -0.1) is 0 Å². The van der Waals surface area contributed by atoms with Gasteiger partial charge in [0, 0.05) is 24.1 Å². The summed E-state index contributed by atoms with van der Waals surface area (Å²) in [5, 5.41) is 8.14. The van der Waals surface area contributed by atoms with Crippen LogP contribution in [0.25, 0.3) is 10.9 Å². The molecule has 1 aromatic carbocycles. The van der Waals surface area contributed by atoms with Gasteiger partial charge in [-0.2, -0.15) is 0 Å². The van der Waals surface area contributed by atoms with Crippen LogP contribution in [0.4, 0.5) is 8.78 Å². The molecule has 0 aliphatic rings. The zero-order valence-electron chi connectivity index (χ0n) is 8.63. The van der Waals surface area contributed by atoms with Crippen molar-refractivity contribution in [2.45, 2.75) is 13.3 Å². The smallest absolute Gasteiger partial charge is 0.303 e. The topological polar surface area (TPSA) is 53.1 Å². The summed E-state index contributed by atoms with van der Waals surface area (Å²) in [6.45, 7) is 1.60. The summed E-state index contributed by atoms with van der Waals surface area (Å²) >= 11 is 0. The highest BCUT2D eigenvalue weighted by atomic mass is 19.1. The number of nitrogens with one attached hydrogen (secondary N) is 1. The molecule has 2 rings (SSSR count). The minimum Gasteiger partial charge on any atom is -0.481 e. The number of fused-ring (bicyclic) bond motifs is 1. The highest BCUT2D eigenvalue weighted by Gasteiger charge is 2.02. The quantitative estimate of drug-likeness (QED) is 0.786. The monoisotopic (exact) mass is 227 g/mol. The van der Waals surface area contributed by atoms with E-state index in [1.807, 2.05) is 0 Å². The number of aromatic nitrogens is 1. The number of carboxylic acids is 1. The molecule has 0 aliphatic heterocycles. The number of benzene rings is 1. The minimum absolute atomic E-state index is 0.222. The van der Waals surface area contributed by atoms with E-state index in [1.54, 1.807) is 19.2 Å². The van der Waals surface area contributed by atoms with Gasteiger partial charge in [0.05, 0.1) is 5.52 Å². The lowest BCUT2D eigenvalue weighted by Crippen LogP contribution is -1.86. The van der Waals surface area contributed by atoms with E-state index in [1.165, 1.54) is 6.07 Å². The molecule has 86 valence electrons. The lowest BCUT2D eigenvalue weighted by molar-refractivity contribution is -0.136. The predicted molar refractivity (Wildman–Crippen MR) is 56.1 cm³/mol. The molecule has 3 nitrogen and oxygen atoms in total. The van der Waals surface area contributed by atoms with Crippen LogP contribution in [0.1, 0.15) is 13.3 Å². The Labute approximate surface area is 90.7 Å². The summed E-state index contributed by atoms with van der Waals surface area (Å²) in [6, 6.07) is 3.71. The van der Waals surface area contributed by atoms with Crippen LogP contribution in [0.5, 0.6) is 0 Å². The zero-order chi connectivity index (χ0) is 12.1. The predicted octanol–water partition coefficient (Wildman–Crippen LogP) is 2.93. The fraction of sp³-hybridized carbons (Fsp3) is 0.182. The Balaban J connectivity index is 0.000000221. The Morgan fingerprint density at radius 1 is 1.44 bits per heavy atom. The first-order valence-corrected chi connectivity index (χ1v) is 4.68. The molecule has 0 unspecified atom stereocenters. The number of aliphatic carboxylic acids is 1. The van der Waals surface area contributed by atoms with Gasteiger partial charge in [0.2, 0.25) is 0 Å². The Hall–Kier alpha value is -1.91. The normalized spacial score (nSPS) is 9.69. The highest BCUT2D eigenvalue weighted by Crippen LogP contribution is 2.17. The van der Waals surface area contributed by atoms with Crippen LogP contribution in [0.2, 0.25) is 0 Å². The molecule has 0 saturated heterocycles. The Bertz CT molecular complexity index is 494. The molecule has 0 fully saturated rings. The first-order chi connectivity index (χ1) is 7.54. The zero-order valence-corrected chi connectivity index (χ0v) is 8.63. The van der Waals surface area contributed by atoms with Crippen molar-refractivity contribution in [3.8, 4) is 0 Å². The fourth-order valence-corrected chi connectivity index (χ4v) is 1.09. The number of hydrogen-bond acceptors (Lipinski definition) is 1. The molecule has 0 atom stereocenters. The number of halogens is 2. The Morgan fingerprint density at radius 3 is 2.62 bits per heavy atom. The van der Waals surface area contributed by atoms with Crippen LogP contribution in [0, 0.1) is 11.6 Å². The molecule has 1 aromatic heterocycles. The van der Waals surface area contributed by atoms with Crippen molar-refractivity contribution in [3.63, 3.8) is 0 Å². The summed E-state index contributed by atoms with van der Waals surface area (Å²) in [4.78, 5) is 12.1. The molecule has 2 aromatic rings. The van der Waals surface area contributed by atoms with Crippen LogP contribution >= 0.6 is 0 Å². The average molecular weight is 227 g/mol. The summed E-state index contributed by atoms with van der Waals surface area (Å²) in [5.74, 6) is -1.83. The summed E-state index contributed by atoms with van der Waals surface area (Å²) < 4.78 is 25.3. The van der Waals surface area contributed by atoms with E-state index in [0.717, 1.165) is 6.07 Å². The summed E-state index contributed by atoms with van der Waals surface area (Å²) in [5.41, 5.74) is 0.488. The van der Waals surface area contributed by atoms with Crippen molar-refractivity contribution in [1.29, 1.82) is 0 Å². The number of rotatable bonds is 1. The molecule has 0 radical (unpaired) electrons. The van der Waals surface area contributed by atoms with Crippen LogP contribution in [0.15, 0.2) is 24.4 Å². The third-order valence-corrected chi connectivity index (χ3v) is 1.89. The second-order valence-electron chi connectivity index (χ2n) is 3.07. The van der Waals surface area contributed by atoms with Gasteiger partial charge in [-0.05, 0) is 12.1 Å². The van der Waals surface area contributed by atoms with Crippen LogP contribution in [-0.4, -0.2) is 16.1 Å². The summed E-state index contributed by atoms with van der Waals surface area (Å²) in [6.07, 6.45) is 1.80. The highest BCUT2D eigenvalue weighted by molar-refractivity contribution is 5.79. The van der Waals surface area contributed by atoms with Crippen molar-refractivity contribution in [2.75, 3.05) is 0 Å². The van der Waals surface area contributed by atoms with Gasteiger partial charge >= 0.3 is 5.97 Å². The third kappa shape index (κ3) is 3.05. The van der Waals surface area contributed by atoms with Gasteiger partial charge in [0.15, 0.2) is 0 Å². The molecule has 0 spiro atoms. The van der Waals surface area contributed by atoms with Gasteiger partial charge in [0.1, 0.15) is 11.6 Å². The van der Waals surface area contributed by atoms with E-state index in [-0.39, 0.29) is 6.42 Å². The lowest BCUT2D eigenvalue weighted by Gasteiger charge is -1.91. The van der Waals surface area contributed by atoms with Gasteiger partial charge in [-0.3, -0.25) is 4.79 Å². The Morgan fingerprint density at radius 2 is 2.06 bits per heavy atom. The molecular formula is C11H11F2NO2. The van der Waals surface area contributed by atoms with Crippen molar-refractivity contribution < 1.29 is 18.7 Å². The van der Waals surface area contributed by atoms with Crippen molar-refractivity contribution in [1.82, 2.24) is 4.98 Å². The van der Waals surface area contributed by atoms with Gasteiger partial charge < -0.3 is 10.1 Å². The van der Waals surface area contributed by atoms with E-state index in [9.17, 15) is 13.6 Å². The molecule has 1 heterocycles. The molecule has 0 bridgehead atoms. The maximum absolute atomic E-state index is 12.8. The van der Waals surface area contributed by atoms with E-state index in [2.05, 4.69) is 4.98 Å². The molecule has 0 amide bonds. The van der Waals surface area contributed by atoms with Gasteiger partial charge in [-0.1, -0.05) is 6.92 Å². The van der Waals surface area contributed by atoms with E-state index < -0.39 is 17.6 Å². The molecule has 2 N–H and O–H groups in total. The lowest BCUT2D eigenvalue weighted by atomic mass is 10.2. The van der Waals surface area contributed by atoms with Crippen molar-refractivity contribution in [2.24, 2.45) is 0 Å². The molecule has 16 heavy (non-hydrogen) atoms. The van der Waals surface area contributed by atoms with E-state index in [0.29, 0.717) is 10.9 Å². The number of hydrogen-bond donors (Lipinski definition) is 2. The van der Waals surface area contributed by atoms with Crippen molar-refractivity contribution in [3.05, 3.63) is 36.0 Å². The molecule has 0 saturated carbocycles. The number of aromatic amines is 1. The second-order valence-corrected chi connectivity index (χ2v) is 3.07. The van der Waals surface area contributed by atoms with Crippen LogP contribution < -0.4 is 0 Å².